The number of benzene rings is 2. The number of amides is 1. The number of aromatic nitrogens is 1. The fourth-order valence-electron chi connectivity index (χ4n) is 3.30. The van der Waals surface area contributed by atoms with Gasteiger partial charge in [0.25, 0.3) is 5.91 Å². The van der Waals surface area contributed by atoms with Gasteiger partial charge in [0.1, 0.15) is 0 Å². The van der Waals surface area contributed by atoms with Crippen molar-refractivity contribution in [2.45, 2.75) is 20.8 Å². The Morgan fingerprint density at radius 3 is 2.56 bits per heavy atom. The molecule has 0 unspecified atom stereocenters. The minimum atomic E-state index is 0.0936. The van der Waals surface area contributed by atoms with Crippen LogP contribution in [0.5, 0.6) is 0 Å². The maximum absolute atomic E-state index is 13.1. The summed E-state index contributed by atoms with van der Waals surface area (Å²) in [5.74, 6) is 0.0936. The number of nitrogens with zero attached hydrogens (tertiary/aromatic N) is 3. The van der Waals surface area contributed by atoms with Crippen LogP contribution in [0, 0.1) is 6.92 Å². The molecule has 1 aliphatic rings. The second-order valence-electron chi connectivity index (χ2n) is 6.44. The molecule has 1 aromatic heterocycles. The van der Waals surface area contributed by atoms with Crippen LogP contribution in [-0.4, -0.2) is 43.0 Å². The molecule has 0 bridgehead atoms. The molecule has 130 valence electrons. The van der Waals surface area contributed by atoms with Gasteiger partial charge in [-0.1, -0.05) is 31.5 Å². The Balaban J connectivity index is 0.000000880. The number of fused-ring (bicyclic) bond motifs is 2. The second-order valence-corrected chi connectivity index (χ2v) is 6.44. The standard InChI is InChI=1S/C19H19N3O.C2H6/c1-12-7-8-14-13(11-12)17-18-15(20-14)5-4-6-16(18)22(19(17)23)10-9-21(2)3;1-2/h4-8,11H,9-10H2,1-3H3;1-2H3. The number of hydrogen-bond acceptors (Lipinski definition) is 3. The average Bonchev–Trinajstić information content (AvgIpc) is 2.89. The molecule has 25 heavy (non-hydrogen) atoms. The van der Waals surface area contributed by atoms with E-state index >= 15 is 0 Å². The third-order valence-electron chi connectivity index (χ3n) is 4.45. The summed E-state index contributed by atoms with van der Waals surface area (Å²) >= 11 is 0. The Morgan fingerprint density at radius 1 is 1.08 bits per heavy atom. The zero-order valence-electron chi connectivity index (χ0n) is 15.6. The highest BCUT2D eigenvalue weighted by Gasteiger charge is 2.32. The van der Waals surface area contributed by atoms with Gasteiger partial charge in [0.15, 0.2) is 0 Å². The number of carbonyl (C=O) groups excluding carboxylic acids is 1. The number of likely N-dealkylation sites (N-methyl/N-ethyl adjacent to an activating group) is 1. The first-order valence-corrected chi connectivity index (χ1v) is 8.86. The summed E-state index contributed by atoms with van der Waals surface area (Å²) in [6.07, 6.45) is 0. The third kappa shape index (κ3) is 2.87. The first-order valence-electron chi connectivity index (χ1n) is 8.86. The molecule has 2 aromatic carbocycles. The molecule has 0 radical (unpaired) electrons. The van der Waals surface area contributed by atoms with Crippen LogP contribution < -0.4 is 4.90 Å². The summed E-state index contributed by atoms with van der Waals surface area (Å²) in [5, 5.41) is 1.96. The normalized spacial score (nSPS) is 12.9. The van der Waals surface area contributed by atoms with Gasteiger partial charge in [-0.3, -0.25) is 4.79 Å². The van der Waals surface area contributed by atoms with E-state index in [-0.39, 0.29) is 5.91 Å². The lowest BCUT2D eigenvalue weighted by molar-refractivity contribution is 0.0993. The highest BCUT2D eigenvalue weighted by Crippen LogP contribution is 2.40. The van der Waals surface area contributed by atoms with Crippen molar-refractivity contribution in [1.29, 1.82) is 0 Å². The van der Waals surface area contributed by atoms with Crippen LogP contribution in [0.4, 0.5) is 5.69 Å². The fraction of sp³-hybridized carbons (Fsp3) is 0.333. The van der Waals surface area contributed by atoms with Gasteiger partial charge in [-0.05, 0) is 45.3 Å². The minimum absolute atomic E-state index is 0.0936. The maximum atomic E-state index is 13.1. The molecule has 3 aromatic rings. The van der Waals surface area contributed by atoms with Crippen molar-refractivity contribution in [3.05, 3.63) is 47.5 Å². The number of anilines is 1. The van der Waals surface area contributed by atoms with Crippen LogP contribution in [-0.2, 0) is 0 Å². The lowest BCUT2D eigenvalue weighted by atomic mass is 10.0. The Morgan fingerprint density at radius 2 is 1.84 bits per heavy atom. The third-order valence-corrected chi connectivity index (χ3v) is 4.45. The molecule has 0 saturated heterocycles. The van der Waals surface area contributed by atoms with Gasteiger partial charge in [-0.15, -0.1) is 0 Å². The summed E-state index contributed by atoms with van der Waals surface area (Å²) in [7, 11) is 4.04. The van der Waals surface area contributed by atoms with Crippen molar-refractivity contribution >= 4 is 33.4 Å². The van der Waals surface area contributed by atoms with E-state index in [4.69, 9.17) is 4.98 Å². The van der Waals surface area contributed by atoms with E-state index < -0.39 is 0 Å². The van der Waals surface area contributed by atoms with E-state index in [0.717, 1.165) is 45.2 Å². The lowest BCUT2D eigenvalue weighted by Crippen LogP contribution is -2.34. The summed E-state index contributed by atoms with van der Waals surface area (Å²) in [5.41, 5.74) is 4.72. The van der Waals surface area contributed by atoms with Crippen molar-refractivity contribution < 1.29 is 4.79 Å². The van der Waals surface area contributed by atoms with Crippen LogP contribution in [0.1, 0.15) is 29.8 Å². The Kier molecular flexibility index (Phi) is 4.73. The van der Waals surface area contributed by atoms with E-state index in [2.05, 4.69) is 11.0 Å². The van der Waals surface area contributed by atoms with Gasteiger partial charge < -0.3 is 9.80 Å². The van der Waals surface area contributed by atoms with Crippen LogP contribution in [0.25, 0.3) is 21.8 Å². The van der Waals surface area contributed by atoms with E-state index in [1.165, 1.54) is 0 Å². The molecule has 0 saturated carbocycles. The molecular weight excluding hydrogens is 310 g/mol. The molecule has 4 heteroatoms. The Bertz CT molecular complexity index is 947. The summed E-state index contributed by atoms with van der Waals surface area (Å²) in [4.78, 5) is 21.8. The van der Waals surface area contributed by atoms with Gasteiger partial charge in [0, 0.05) is 23.9 Å². The molecule has 2 heterocycles. The maximum Gasteiger partial charge on any atom is 0.259 e. The molecule has 0 atom stereocenters. The summed E-state index contributed by atoms with van der Waals surface area (Å²) in [6, 6.07) is 12.1. The van der Waals surface area contributed by atoms with Gasteiger partial charge in [0.05, 0.1) is 22.3 Å². The summed E-state index contributed by atoms with van der Waals surface area (Å²) < 4.78 is 0. The Hall–Kier alpha value is -2.46. The first kappa shape index (κ1) is 17.4. The molecule has 0 N–H and O–H groups in total. The van der Waals surface area contributed by atoms with Crippen LogP contribution in [0.2, 0.25) is 0 Å². The number of hydrogen-bond donors (Lipinski definition) is 0. The number of aryl methyl sites for hydroxylation is 1. The van der Waals surface area contributed by atoms with E-state index in [9.17, 15) is 4.79 Å². The molecule has 0 fully saturated rings. The Labute approximate surface area is 149 Å². The minimum Gasteiger partial charge on any atom is -0.308 e. The largest absolute Gasteiger partial charge is 0.308 e. The molecule has 0 spiro atoms. The smallest absolute Gasteiger partial charge is 0.259 e. The van der Waals surface area contributed by atoms with Crippen molar-refractivity contribution in [3.8, 4) is 0 Å². The molecular formula is C21H25N3O. The van der Waals surface area contributed by atoms with Gasteiger partial charge in [-0.2, -0.15) is 0 Å². The number of rotatable bonds is 3. The SMILES string of the molecule is CC.Cc1ccc2nc3cccc4c3c(c2c1)C(=O)N4CCN(C)C. The second kappa shape index (κ2) is 6.81. The van der Waals surface area contributed by atoms with Crippen LogP contribution in [0.15, 0.2) is 36.4 Å². The molecule has 4 nitrogen and oxygen atoms in total. The quantitative estimate of drug-likeness (QED) is 0.672. The van der Waals surface area contributed by atoms with Crippen molar-refractivity contribution in [2.75, 3.05) is 32.1 Å². The molecule has 4 rings (SSSR count). The van der Waals surface area contributed by atoms with Crippen LogP contribution >= 0.6 is 0 Å². The average molecular weight is 335 g/mol. The van der Waals surface area contributed by atoms with E-state index in [1.54, 1.807) is 0 Å². The number of pyridine rings is 1. The zero-order chi connectivity index (χ0) is 18.1. The van der Waals surface area contributed by atoms with E-state index in [1.807, 2.05) is 70.1 Å². The number of carbonyl (C=O) groups is 1. The zero-order valence-corrected chi connectivity index (χ0v) is 15.6. The van der Waals surface area contributed by atoms with Crippen molar-refractivity contribution in [2.24, 2.45) is 0 Å². The molecule has 1 aliphatic heterocycles. The van der Waals surface area contributed by atoms with E-state index in [0.29, 0.717) is 6.54 Å². The van der Waals surface area contributed by atoms with Gasteiger partial charge in [0.2, 0.25) is 0 Å². The van der Waals surface area contributed by atoms with Crippen molar-refractivity contribution in [1.82, 2.24) is 9.88 Å². The highest BCUT2D eigenvalue weighted by atomic mass is 16.2. The highest BCUT2D eigenvalue weighted by molar-refractivity contribution is 6.30. The van der Waals surface area contributed by atoms with Crippen molar-refractivity contribution in [3.63, 3.8) is 0 Å². The first-order chi connectivity index (χ1) is 12.1. The lowest BCUT2D eigenvalue weighted by Gasteiger charge is -2.20. The molecule has 1 amide bonds. The topological polar surface area (TPSA) is 36.4 Å². The predicted octanol–water partition coefficient (Wildman–Crippen LogP) is 4.24. The van der Waals surface area contributed by atoms with Crippen LogP contribution in [0.3, 0.4) is 0 Å². The summed E-state index contributed by atoms with van der Waals surface area (Å²) in [6.45, 7) is 7.57. The van der Waals surface area contributed by atoms with Gasteiger partial charge in [-0.25, -0.2) is 4.98 Å². The fourth-order valence-corrected chi connectivity index (χ4v) is 3.30. The monoisotopic (exact) mass is 335 g/mol. The van der Waals surface area contributed by atoms with Gasteiger partial charge >= 0.3 is 0 Å². The molecule has 0 aliphatic carbocycles. The predicted molar refractivity (Wildman–Crippen MR) is 106 cm³/mol.